The van der Waals surface area contributed by atoms with Crippen molar-refractivity contribution in [2.75, 3.05) is 0 Å². The molecular weight excluding hydrogens is 278 g/mol. The van der Waals surface area contributed by atoms with Crippen molar-refractivity contribution in [2.24, 2.45) is 4.99 Å². The van der Waals surface area contributed by atoms with Gasteiger partial charge in [-0.25, -0.2) is 15.0 Å². The van der Waals surface area contributed by atoms with E-state index < -0.39 is 0 Å². The van der Waals surface area contributed by atoms with E-state index in [-0.39, 0.29) is 17.1 Å². The van der Waals surface area contributed by atoms with Gasteiger partial charge in [-0.2, -0.15) is 0 Å². The third kappa shape index (κ3) is 2.30. The number of nitrogens with zero attached hydrogens (tertiary/aromatic N) is 3. The molecule has 1 N–H and O–H groups in total. The van der Waals surface area contributed by atoms with Crippen LogP contribution in [0.1, 0.15) is 34.2 Å². The Morgan fingerprint density at radius 1 is 1.09 bits per heavy atom. The first-order valence-corrected chi connectivity index (χ1v) is 6.92. The molecule has 0 aliphatic heterocycles. The number of fused-ring (bicyclic) bond motifs is 1. The molecule has 1 aromatic heterocycles. The highest BCUT2D eigenvalue weighted by Gasteiger charge is 2.31. The number of carbonyl (C=O) groups excluding carboxylic acids is 1. The van der Waals surface area contributed by atoms with E-state index in [1.807, 2.05) is 19.9 Å². The van der Waals surface area contributed by atoms with Crippen LogP contribution >= 0.6 is 0 Å². The second kappa shape index (κ2) is 5.18. The van der Waals surface area contributed by atoms with Crippen LogP contribution in [0.2, 0.25) is 0 Å². The van der Waals surface area contributed by atoms with Gasteiger partial charge in [-0.3, -0.25) is 4.79 Å². The molecule has 0 saturated carbocycles. The Balaban J connectivity index is 2.06. The van der Waals surface area contributed by atoms with Gasteiger partial charge in [0.1, 0.15) is 5.76 Å². The number of carbonyl (C=O) groups is 1. The minimum absolute atomic E-state index is 0.0359. The maximum atomic E-state index is 12.4. The average Bonchev–Trinajstić information content (AvgIpc) is 2.70. The zero-order valence-electron chi connectivity index (χ0n) is 12.6. The van der Waals surface area contributed by atoms with Crippen molar-refractivity contribution in [2.45, 2.75) is 20.8 Å². The van der Waals surface area contributed by atoms with E-state index in [4.69, 9.17) is 0 Å². The lowest BCUT2D eigenvalue weighted by Gasteiger charge is -2.02. The molecule has 1 aliphatic rings. The van der Waals surface area contributed by atoms with Crippen LogP contribution in [0.4, 0.5) is 5.95 Å². The van der Waals surface area contributed by atoms with E-state index in [0.29, 0.717) is 22.8 Å². The standard InChI is InChI=1S/C17H15N3O2/c1-9-8-10(2)19-17(18-9)20-11(3)14-15(21)12-6-4-5-7-13(12)16(14)22/h4-8,21H,1-3H3/b20-11+. The summed E-state index contributed by atoms with van der Waals surface area (Å²) < 4.78 is 0. The van der Waals surface area contributed by atoms with E-state index in [9.17, 15) is 9.90 Å². The molecule has 1 aromatic carbocycles. The predicted molar refractivity (Wildman–Crippen MR) is 84.6 cm³/mol. The van der Waals surface area contributed by atoms with Crippen molar-refractivity contribution in [1.29, 1.82) is 0 Å². The number of aliphatic hydroxyl groups is 1. The summed E-state index contributed by atoms with van der Waals surface area (Å²) in [6, 6.07) is 8.82. The molecule has 22 heavy (non-hydrogen) atoms. The molecule has 1 aliphatic carbocycles. The number of aliphatic hydroxyl groups excluding tert-OH is 1. The molecule has 0 fully saturated rings. The van der Waals surface area contributed by atoms with E-state index in [2.05, 4.69) is 15.0 Å². The number of aryl methyl sites for hydroxylation is 2. The number of aromatic nitrogens is 2. The largest absolute Gasteiger partial charge is 0.506 e. The van der Waals surface area contributed by atoms with Crippen molar-refractivity contribution in [3.63, 3.8) is 0 Å². The van der Waals surface area contributed by atoms with E-state index >= 15 is 0 Å². The first-order chi connectivity index (χ1) is 10.5. The lowest BCUT2D eigenvalue weighted by molar-refractivity contribution is 0.104. The topological polar surface area (TPSA) is 75.4 Å². The smallest absolute Gasteiger partial charge is 0.250 e. The molecule has 0 unspecified atom stereocenters. The van der Waals surface area contributed by atoms with Crippen molar-refractivity contribution < 1.29 is 9.90 Å². The number of hydrogen-bond donors (Lipinski definition) is 1. The number of aliphatic imine (C=N–C) groups is 1. The first kappa shape index (κ1) is 14.1. The van der Waals surface area contributed by atoms with E-state index in [0.717, 1.165) is 11.4 Å². The van der Waals surface area contributed by atoms with E-state index in [1.54, 1.807) is 31.2 Å². The number of ketones is 1. The summed E-state index contributed by atoms with van der Waals surface area (Å²) in [6.45, 7) is 5.39. The van der Waals surface area contributed by atoms with Gasteiger partial charge in [-0.05, 0) is 26.8 Å². The van der Waals surface area contributed by atoms with Gasteiger partial charge < -0.3 is 5.11 Å². The van der Waals surface area contributed by atoms with Crippen LogP contribution in [0.25, 0.3) is 5.76 Å². The molecule has 0 radical (unpaired) electrons. The van der Waals surface area contributed by atoms with Crippen LogP contribution < -0.4 is 0 Å². The molecule has 0 atom stereocenters. The molecule has 0 bridgehead atoms. The second-order valence-electron chi connectivity index (χ2n) is 5.25. The minimum atomic E-state index is -0.223. The van der Waals surface area contributed by atoms with Gasteiger partial charge in [0.2, 0.25) is 5.95 Å². The van der Waals surface area contributed by atoms with Gasteiger partial charge in [0.25, 0.3) is 0 Å². The Labute approximate surface area is 128 Å². The van der Waals surface area contributed by atoms with E-state index in [1.165, 1.54) is 0 Å². The quantitative estimate of drug-likeness (QED) is 0.861. The fraction of sp³-hybridized carbons (Fsp3) is 0.176. The van der Waals surface area contributed by atoms with Crippen LogP contribution in [0.3, 0.4) is 0 Å². The molecule has 1 heterocycles. The molecule has 5 nitrogen and oxygen atoms in total. The number of allylic oxidation sites excluding steroid dienone is 1. The number of rotatable bonds is 2. The zero-order chi connectivity index (χ0) is 15.9. The summed E-state index contributed by atoms with van der Waals surface area (Å²) >= 11 is 0. The highest BCUT2D eigenvalue weighted by molar-refractivity contribution is 6.35. The maximum absolute atomic E-state index is 12.4. The normalized spacial score (nSPS) is 14.5. The lowest BCUT2D eigenvalue weighted by atomic mass is 10.1. The third-order valence-corrected chi connectivity index (χ3v) is 3.49. The molecule has 3 rings (SSSR count). The van der Waals surface area contributed by atoms with Crippen molar-refractivity contribution in [1.82, 2.24) is 9.97 Å². The Hall–Kier alpha value is -2.82. The van der Waals surface area contributed by atoms with Gasteiger partial charge >= 0.3 is 0 Å². The van der Waals surface area contributed by atoms with Crippen LogP contribution in [-0.4, -0.2) is 26.6 Å². The molecule has 5 heteroatoms. The maximum Gasteiger partial charge on any atom is 0.250 e. The first-order valence-electron chi connectivity index (χ1n) is 6.92. The van der Waals surface area contributed by atoms with Crippen molar-refractivity contribution in [3.05, 3.63) is 58.4 Å². The number of benzene rings is 1. The Morgan fingerprint density at radius 2 is 1.68 bits per heavy atom. The lowest BCUT2D eigenvalue weighted by Crippen LogP contribution is -2.07. The Morgan fingerprint density at radius 3 is 2.27 bits per heavy atom. The fourth-order valence-corrected chi connectivity index (χ4v) is 2.56. The van der Waals surface area contributed by atoms with Crippen LogP contribution in [-0.2, 0) is 0 Å². The van der Waals surface area contributed by atoms with Gasteiger partial charge in [-0.1, -0.05) is 24.3 Å². The summed E-state index contributed by atoms with van der Waals surface area (Å²) in [7, 11) is 0. The summed E-state index contributed by atoms with van der Waals surface area (Å²) in [4.78, 5) is 25.2. The summed E-state index contributed by atoms with van der Waals surface area (Å²) in [6.07, 6.45) is 0. The van der Waals surface area contributed by atoms with Crippen LogP contribution in [0.15, 0.2) is 40.9 Å². The van der Waals surface area contributed by atoms with Gasteiger partial charge in [0.15, 0.2) is 5.78 Å². The van der Waals surface area contributed by atoms with Crippen molar-refractivity contribution in [3.8, 4) is 0 Å². The SMILES string of the molecule is C/C(=N\c1nc(C)cc(C)n1)C1=C(O)c2ccccc2C1=O. The van der Waals surface area contributed by atoms with Crippen LogP contribution in [0, 0.1) is 13.8 Å². The monoisotopic (exact) mass is 293 g/mol. The molecule has 0 amide bonds. The summed E-state index contributed by atoms with van der Waals surface area (Å²) in [5.41, 5.74) is 3.26. The van der Waals surface area contributed by atoms with Gasteiger partial charge in [0, 0.05) is 22.5 Å². The fourth-order valence-electron chi connectivity index (χ4n) is 2.56. The molecular formula is C17H15N3O2. The Bertz CT molecular complexity index is 830. The third-order valence-electron chi connectivity index (χ3n) is 3.49. The molecule has 2 aromatic rings. The average molecular weight is 293 g/mol. The molecule has 110 valence electrons. The van der Waals surface area contributed by atoms with Gasteiger partial charge in [-0.15, -0.1) is 0 Å². The summed E-state index contributed by atoms with van der Waals surface area (Å²) in [5, 5.41) is 10.3. The molecule has 0 saturated heterocycles. The number of Topliss-reactive ketones (excluding diaryl/α,β-unsaturated/α-hetero) is 1. The zero-order valence-corrected chi connectivity index (χ0v) is 12.6. The second-order valence-corrected chi connectivity index (χ2v) is 5.25. The summed E-state index contributed by atoms with van der Waals surface area (Å²) in [5.74, 6) is 0.0315. The van der Waals surface area contributed by atoms with Crippen LogP contribution in [0.5, 0.6) is 0 Å². The predicted octanol–water partition coefficient (Wildman–Crippen LogP) is 3.35. The van der Waals surface area contributed by atoms with Crippen molar-refractivity contribution >= 4 is 23.2 Å². The van der Waals surface area contributed by atoms with Gasteiger partial charge in [0.05, 0.1) is 11.3 Å². The highest BCUT2D eigenvalue weighted by Crippen LogP contribution is 2.31. The number of hydrogen-bond acceptors (Lipinski definition) is 5. The minimum Gasteiger partial charge on any atom is -0.506 e. The molecule has 0 spiro atoms. The Kier molecular flexibility index (Phi) is 3.33. The highest BCUT2D eigenvalue weighted by atomic mass is 16.3.